The molecule has 0 aliphatic rings. The number of amides is 1. The Morgan fingerprint density at radius 3 is 2.39 bits per heavy atom. The molecule has 0 atom stereocenters. The van der Waals surface area contributed by atoms with Crippen molar-refractivity contribution in [1.82, 2.24) is 4.98 Å². The lowest BCUT2D eigenvalue weighted by Crippen LogP contribution is -2.18. The van der Waals surface area contributed by atoms with E-state index in [1.54, 1.807) is 12.1 Å². The number of rotatable bonds is 8. The van der Waals surface area contributed by atoms with Gasteiger partial charge in [-0.15, -0.1) is 11.3 Å². The second kappa shape index (κ2) is 9.97. The molecule has 3 aromatic carbocycles. The lowest BCUT2D eigenvalue weighted by Gasteiger charge is -2.07. The molecule has 0 aliphatic carbocycles. The summed E-state index contributed by atoms with van der Waals surface area (Å²) < 4.78 is 18.5. The Morgan fingerprint density at radius 2 is 1.65 bits per heavy atom. The highest BCUT2D eigenvalue weighted by Gasteiger charge is 2.07. The molecule has 1 amide bonds. The molecule has 0 spiro atoms. The van der Waals surface area contributed by atoms with Crippen molar-refractivity contribution in [1.29, 1.82) is 0 Å². The number of carbonyl (C=O) groups is 1. The van der Waals surface area contributed by atoms with E-state index in [1.807, 2.05) is 60.0 Å². The average molecular weight is 434 g/mol. The van der Waals surface area contributed by atoms with Crippen LogP contribution in [0.2, 0.25) is 0 Å². The summed E-state index contributed by atoms with van der Waals surface area (Å²) in [4.78, 5) is 16.6. The van der Waals surface area contributed by atoms with Crippen molar-refractivity contribution < 1.29 is 13.9 Å². The molecule has 0 fully saturated rings. The van der Waals surface area contributed by atoms with E-state index in [2.05, 4.69) is 15.6 Å². The molecular weight excluding hydrogens is 413 g/mol. The number of aromatic nitrogens is 1. The zero-order chi connectivity index (χ0) is 21.5. The molecule has 7 heteroatoms. The van der Waals surface area contributed by atoms with Crippen molar-refractivity contribution in [2.75, 3.05) is 17.2 Å². The third kappa shape index (κ3) is 5.97. The van der Waals surface area contributed by atoms with E-state index in [0.29, 0.717) is 12.3 Å². The predicted molar refractivity (Wildman–Crippen MR) is 122 cm³/mol. The Labute approximate surface area is 183 Å². The van der Waals surface area contributed by atoms with Crippen LogP contribution < -0.4 is 10.6 Å². The molecule has 0 saturated heterocycles. The summed E-state index contributed by atoms with van der Waals surface area (Å²) >= 11 is 1.46. The van der Waals surface area contributed by atoms with Gasteiger partial charge >= 0.3 is 0 Å². The third-order valence-corrected chi connectivity index (χ3v) is 5.17. The fourth-order valence-electron chi connectivity index (χ4n) is 2.88. The van der Waals surface area contributed by atoms with Crippen molar-refractivity contribution in [3.8, 4) is 11.3 Å². The first kappa shape index (κ1) is 20.7. The van der Waals surface area contributed by atoms with Crippen molar-refractivity contribution in [3.05, 3.63) is 95.6 Å². The molecule has 0 bridgehead atoms. The molecule has 1 heterocycles. The molecular formula is C24H20FN3O2S. The third-order valence-electron chi connectivity index (χ3n) is 4.41. The van der Waals surface area contributed by atoms with Crippen molar-refractivity contribution in [2.24, 2.45) is 0 Å². The standard InChI is InChI=1S/C24H20FN3O2S/c25-19-8-12-21(13-9-19)27-24-28-22(16-31-24)18-6-10-20(11-7-18)26-23(29)15-30-14-17-4-2-1-3-5-17/h1-13,16H,14-15H2,(H,26,29)(H,27,28). The number of hydrogen-bond donors (Lipinski definition) is 2. The van der Waals surface area contributed by atoms with E-state index in [1.165, 1.54) is 23.5 Å². The molecule has 2 N–H and O–H groups in total. The van der Waals surface area contributed by atoms with E-state index < -0.39 is 0 Å². The summed E-state index contributed by atoms with van der Waals surface area (Å²) in [6.07, 6.45) is 0. The fourth-order valence-corrected chi connectivity index (χ4v) is 3.62. The number of halogens is 1. The molecule has 0 radical (unpaired) electrons. The van der Waals surface area contributed by atoms with Gasteiger partial charge < -0.3 is 15.4 Å². The van der Waals surface area contributed by atoms with Crippen LogP contribution in [-0.4, -0.2) is 17.5 Å². The number of benzene rings is 3. The molecule has 156 valence electrons. The minimum Gasteiger partial charge on any atom is -0.367 e. The summed E-state index contributed by atoms with van der Waals surface area (Å²) in [6, 6.07) is 23.3. The van der Waals surface area contributed by atoms with Gasteiger partial charge in [0, 0.05) is 22.3 Å². The number of anilines is 3. The van der Waals surface area contributed by atoms with Gasteiger partial charge in [0.2, 0.25) is 5.91 Å². The summed E-state index contributed by atoms with van der Waals surface area (Å²) in [6.45, 7) is 0.381. The summed E-state index contributed by atoms with van der Waals surface area (Å²) in [5.74, 6) is -0.483. The Hall–Kier alpha value is -3.55. The van der Waals surface area contributed by atoms with Gasteiger partial charge in [-0.3, -0.25) is 4.79 Å². The molecule has 0 unspecified atom stereocenters. The Bertz CT molecular complexity index is 1130. The number of carbonyl (C=O) groups excluding carboxylic acids is 1. The maximum Gasteiger partial charge on any atom is 0.250 e. The van der Waals surface area contributed by atoms with Crippen LogP contribution in [0.25, 0.3) is 11.3 Å². The van der Waals surface area contributed by atoms with Gasteiger partial charge in [-0.05, 0) is 42.0 Å². The zero-order valence-corrected chi connectivity index (χ0v) is 17.4. The topological polar surface area (TPSA) is 63.2 Å². The number of ether oxygens (including phenoxy) is 1. The summed E-state index contributed by atoms with van der Waals surface area (Å²) in [5, 5.41) is 8.64. The SMILES string of the molecule is O=C(COCc1ccccc1)Nc1ccc(-c2csc(Nc3ccc(F)cc3)n2)cc1. The van der Waals surface area contributed by atoms with Gasteiger partial charge in [-0.25, -0.2) is 9.37 Å². The number of nitrogens with zero attached hydrogens (tertiary/aromatic N) is 1. The molecule has 0 aliphatic heterocycles. The minimum absolute atomic E-state index is 0.0128. The quantitative estimate of drug-likeness (QED) is 0.366. The minimum atomic E-state index is -0.277. The number of thiazole rings is 1. The number of nitrogens with one attached hydrogen (secondary N) is 2. The molecule has 1 aromatic heterocycles. The van der Waals surface area contributed by atoms with E-state index in [9.17, 15) is 9.18 Å². The van der Waals surface area contributed by atoms with Crippen LogP contribution in [-0.2, 0) is 16.1 Å². The van der Waals surface area contributed by atoms with Crippen molar-refractivity contribution in [2.45, 2.75) is 6.61 Å². The second-order valence-corrected chi connectivity index (χ2v) is 7.63. The van der Waals surface area contributed by atoms with Gasteiger partial charge in [-0.2, -0.15) is 0 Å². The Kier molecular flexibility index (Phi) is 6.66. The molecule has 31 heavy (non-hydrogen) atoms. The highest BCUT2D eigenvalue weighted by Crippen LogP contribution is 2.28. The lowest BCUT2D eigenvalue weighted by atomic mass is 10.1. The van der Waals surface area contributed by atoms with Crippen LogP contribution in [0, 0.1) is 5.82 Å². The second-order valence-electron chi connectivity index (χ2n) is 6.77. The van der Waals surface area contributed by atoms with Crippen LogP contribution >= 0.6 is 11.3 Å². The van der Waals surface area contributed by atoms with Crippen LogP contribution in [0.15, 0.2) is 84.2 Å². The highest BCUT2D eigenvalue weighted by atomic mass is 32.1. The largest absolute Gasteiger partial charge is 0.367 e. The first-order valence-corrected chi connectivity index (χ1v) is 10.5. The predicted octanol–water partition coefficient (Wildman–Crippen LogP) is 5.85. The highest BCUT2D eigenvalue weighted by molar-refractivity contribution is 7.14. The molecule has 0 saturated carbocycles. The van der Waals surface area contributed by atoms with Gasteiger partial charge in [0.25, 0.3) is 0 Å². The maximum atomic E-state index is 13.0. The Balaban J connectivity index is 1.29. The van der Waals surface area contributed by atoms with Gasteiger partial charge in [0.1, 0.15) is 12.4 Å². The number of hydrogen-bond acceptors (Lipinski definition) is 5. The van der Waals surface area contributed by atoms with Crippen LogP contribution in [0.3, 0.4) is 0 Å². The van der Waals surface area contributed by atoms with Crippen LogP contribution in [0.1, 0.15) is 5.56 Å². The molecule has 4 rings (SSSR count). The van der Waals surface area contributed by atoms with E-state index in [-0.39, 0.29) is 18.3 Å². The smallest absolute Gasteiger partial charge is 0.250 e. The monoisotopic (exact) mass is 433 g/mol. The molecule has 5 nitrogen and oxygen atoms in total. The summed E-state index contributed by atoms with van der Waals surface area (Å²) in [5.41, 5.74) is 4.24. The lowest BCUT2D eigenvalue weighted by molar-refractivity contribution is -0.121. The van der Waals surface area contributed by atoms with E-state index >= 15 is 0 Å². The average Bonchev–Trinajstić information content (AvgIpc) is 3.25. The van der Waals surface area contributed by atoms with E-state index in [0.717, 1.165) is 27.6 Å². The first-order valence-electron chi connectivity index (χ1n) is 9.66. The van der Waals surface area contributed by atoms with Crippen molar-refractivity contribution >= 4 is 33.8 Å². The normalized spacial score (nSPS) is 10.6. The van der Waals surface area contributed by atoms with Gasteiger partial charge in [0.05, 0.1) is 12.3 Å². The van der Waals surface area contributed by atoms with Crippen LogP contribution in [0.5, 0.6) is 0 Å². The molecule has 4 aromatic rings. The van der Waals surface area contributed by atoms with Gasteiger partial charge in [0.15, 0.2) is 5.13 Å². The first-order chi connectivity index (χ1) is 15.2. The Morgan fingerprint density at radius 1 is 0.935 bits per heavy atom. The van der Waals surface area contributed by atoms with E-state index in [4.69, 9.17) is 4.74 Å². The van der Waals surface area contributed by atoms with Crippen molar-refractivity contribution in [3.63, 3.8) is 0 Å². The summed E-state index contributed by atoms with van der Waals surface area (Å²) in [7, 11) is 0. The fraction of sp³-hybridized carbons (Fsp3) is 0.0833. The van der Waals surface area contributed by atoms with Gasteiger partial charge in [-0.1, -0.05) is 42.5 Å². The maximum absolute atomic E-state index is 13.0. The zero-order valence-electron chi connectivity index (χ0n) is 16.5. The van der Waals surface area contributed by atoms with Crippen LogP contribution in [0.4, 0.5) is 20.9 Å².